The van der Waals surface area contributed by atoms with Gasteiger partial charge in [-0.15, -0.1) is 0 Å². The standard InChI is InChI=1S/C75H112NO8P/c1-3-5-7-9-11-13-15-17-19-21-23-25-27-29-31-32-33-34-35-36-37-38-39-40-42-44-46-48-50-52-54-56-58-60-62-64-66-68-75(78)84-73(72-83-85(79,80)82-70-69-76)71-81-74(77)67-65-63-61-59-57-55-53-51-49-47-45-43-41-30-28-26-24-22-20-18-16-14-12-10-8-6-4-2/h5-8,11-14,17-20,23-26,29-31,33-34,36-37,39-41,44-47,50-53,56-59,73H,3-4,9-10,15-16,21-22,27-28,32,35,38,42-43,48-49,54-55,60-72,76H2,1-2H3,(H,79,80)/b7-5-,8-6-,13-11-,14-12-,19-17-,20-18-,25-23-,26-24-,31-29-,34-33-,37-36-,40-39-,41-30-,46-44-,47-45-,52-50-,53-51-,58-56-,59-57-. The van der Waals surface area contributed by atoms with Gasteiger partial charge in [0.15, 0.2) is 6.10 Å². The Morgan fingerprint density at radius 1 is 0.353 bits per heavy atom. The quantitative estimate of drug-likeness (QED) is 0.0264. The average molecular weight is 1190 g/mol. The van der Waals surface area contributed by atoms with Crippen molar-refractivity contribution in [1.82, 2.24) is 0 Å². The molecular formula is C75H112NO8P. The molecule has 2 unspecified atom stereocenters. The lowest BCUT2D eigenvalue weighted by molar-refractivity contribution is -0.161. The van der Waals surface area contributed by atoms with Crippen LogP contribution in [-0.2, 0) is 32.7 Å². The molecule has 0 fully saturated rings. The van der Waals surface area contributed by atoms with Gasteiger partial charge in [-0.3, -0.25) is 18.6 Å². The van der Waals surface area contributed by atoms with Crippen LogP contribution in [0.15, 0.2) is 231 Å². The maximum Gasteiger partial charge on any atom is 0.472 e. The van der Waals surface area contributed by atoms with Gasteiger partial charge in [-0.2, -0.15) is 0 Å². The highest BCUT2D eigenvalue weighted by atomic mass is 31.2. The minimum absolute atomic E-state index is 0.0273. The van der Waals surface area contributed by atoms with E-state index in [4.69, 9.17) is 24.3 Å². The Labute approximate surface area is 517 Å². The van der Waals surface area contributed by atoms with Crippen molar-refractivity contribution in [3.8, 4) is 0 Å². The van der Waals surface area contributed by atoms with Crippen molar-refractivity contribution in [2.45, 2.75) is 200 Å². The highest BCUT2D eigenvalue weighted by Crippen LogP contribution is 2.43. The first-order valence-electron chi connectivity index (χ1n) is 31.9. The molecule has 0 heterocycles. The van der Waals surface area contributed by atoms with E-state index >= 15 is 0 Å². The van der Waals surface area contributed by atoms with E-state index in [0.717, 1.165) is 154 Å². The molecule has 0 aromatic carbocycles. The number of allylic oxidation sites excluding steroid dienone is 38. The maximum absolute atomic E-state index is 12.7. The summed E-state index contributed by atoms with van der Waals surface area (Å²) in [6.07, 6.45) is 107. The summed E-state index contributed by atoms with van der Waals surface area (Å²) in [5.74, 6) is -0.941. The largest absolute Gasteiger partial charge is 0.472 e. The van der Waals surface area contributed by atoms with Crippen molar-refractivity contribution >= 4 is 19.8 Å². The van der Waals surface area contributed by atoms with Gasteiger partial charge in [-0.25, -0.2) is 4.57 Å². The molecule has 85 heavy (non-hydrogen) atoms. The molecule has 0 spiro atoms. The van der Waals surface area contributed by atoms with E-state index in [1.165, 1.54) is 0 Å². The molecule has 0 rings (SSSR count). The van der Waals surface area contributed by atoms with Gasteiger partial charge >= 0.3 is 19.8 Å². The Morgan fingerprint density at radius 3 is 0.906 bits per heavy atom. The Bertz CT molecular complexity index is 2240. The van der Waals surface area contributed by atoms with Gasteiger partial charge in [0, 0.05) is 19.4 Å². The van der Waals surface area contributed by atoms with Crippen molar-refractivity contribution in [2.75, 3.05) is 26.4 Å². The van der Waals surface area contributed by atoms with Crippen LogP contribution < -0.4 is 5.73 Å². The molecule has 0 bridgehead atoms. The summed E-state index contributed by atoms with van der Waals surface area (Å²) >= 11 is 0. The third-order valence-electron chi connectivity index (χ3n) is 12.0. The van der Waals surface area contributed by atoms with Crippen molar-refractivity contribution in [2.24, 2.45) is 5.73 Å². The van der Waals surface area contributed by atoms with Crippen LogP contribution >= 0.6 is 7.82 Å². The SMILES string of the molecule is CC/C=C\C/C=C\C/C=C\C/C=C\C/C=C\C/C=C\C/C=C\C/C=C\C/C=C\C/C=C\C/C=C\CCCCCC(=O)OC(COC(=O)CCCC/C=C\C/C=C\C/C=C\C/C=C\C/C=C\C/C=C\C/C=C\C/C=C\CC)COP(=O)(O)OCCN. The normalized spacial score (nSPS) is 14.5. The third kappa shape index (κ3) is 67.1. The molecule has 0 aromatic heterocycles. The zero-order valence-corrected chi connectivity index (χ0v) is 53.4. The lowest BCUT2D eigenvalue weighted by Gasteiger charge is -2.19. The lowest BCUT2D eigenvalue weighted by atomic mass is 10.1. The molecule has 0 aliphatic rings. The molecule has 9 nitrogen and oxygen atoms in total. The monoisotopic (exact) mass is 1190 g/mol. The first-order valence-corrected chi connectivity index (χ1v) is 33.4. The van der Waals surface area contributed by atoms with E-state index in [9.17, 15) is 19.0 Å². The van der Waals surface area contributed by atoms with E-state index in [-0.39, 0.29) is 32.6 Å². The number of hydrogen-bond donors (Lipinski definition) is 2. The summed E-state index contributed by atoms with van der Waals surface area (Å²) in [5, 5.41) is 0. The molecule has 0 saturated heterocycles. The van der Waals surface area contributed by atoms with Crippen molar-refractivity contribution < 1.29 is 37.6 Å². The number of unbranched alkanes of at least 4 members (excludes halogenated alkanes) is 5. The maximum atomic E-state index is 12.7. The summed E-state index contributed by atoms with van der Waals surface area (Å²) in [4.78, 5) is 35.2. The highest BCUT2D eigenvalue weighted by molar-refractivity contribution is 7.47. The van der Waals surface area contributed by atoms with Gasteiger partial charge in [0.05, 0.1) is 13.2 Å². The van der Waals surface area contributed by atoms with Crippen LogP contribution in [0.5, 0.6) is 0 Å². The fourth-order valence-electron chi connectivity index (χ4n) is 7.42. The van der Waals surface area contributed by atoms with E-state index < -0.39 is 32.5 Å². The molecule has 470 valence electrons. The Balaban J connectivity index is 4.19. The van der Waals surface area contributed by atoms with E-state index in [2.05, 4.69) is 245 Å². The summed E-state index contributed by atoms with van der Waals surface area (Å²) < 4.78 is 33.0. The first-order chi connectivity index (χ1) is 41.8. The molecule has 0 amide bonds. The fourth-order valence-corrected chi connectivity index (χ4v) is 8.18. The van der Waals surface area contributed by atoms with Gasteiger partial charge in [0.1, 0.15) is 6.61 Å². The van der Waals surface area contributed by atoms with Crippen LogP contribution in [0.1, 0.15) is 194 Å². The molecular weight excluding hydrogens is 1070 g/mol. The molecule has 0 saturated carbocycles. The molecule has 0 aliphatic heterocycles. The zero-order chi connectivity index (χ0) is 61.6. The topological polar surface area (TPSA) is 134 Å². The molecule has 0 aliphatic carbocycles. The van der Waals surface area contributed by atoms with Crippen molar-refractivity contribution in [3.63, 3.8) is 0 Å². The molecule has 10 heteroatoms. The fraction of sp³-hybridized carbons (Fsp3) is 0.467. The van der Waals surface area contributed by atoms with Crippen LogP contribution in [0.4, 0.5) is 0 Å². The Kier molecular flexibility index (Phi) is 62.5. The zero-order valence-electron chi connectivity index (χ0n) is 52.5. The third-order valence-corrected chi connectivity index (χ3v) is 13.0. The Morgan fingerprint density at radius 2 is 0.612 bits per heavy atom. The number of ether oxygens (including phenoxy) is 2. The summed E-state index contributed by atoms with van der Waals surface area (Å²) in [7, 11) is -4.43. The second-order valence-corrected chi connectivity index (χ2v) is 21.3. The van der Waals surface area contributed by atoms with Gasteiger partial charge < -0.3 is 20.1 Å². The summed E-state index contributed by atoms with van der Waals surface area (Å²) in [6, 6.07) is 0. The molecule has 0 radical (unpaired) electrons. The predicted octanol–water partition coefficient (Wildman–Crippen LogP) is 21.1. The number of carbonyl (C=O) groups excluding carboxylic acids is 2. The second-order valence-electron chi connectivity index (χ2n) is 19.8. The van der Waals surface area contributed by atoms with E-state index in [1.54, 1.807) is 0 Å². The van der Waals surface area contributed by atoms with Crippen LogP contribution in [0.2, 0.25) is 0 Å². The predicted molar refractivity (Wildman–Crippen MR) is 366 cm³/mol. The van der Waals surface area contributed by atoms with Crippen LogP contribution in [0.3, 0.4) is 0 Å². The Hall–Kier alpha value is -5.93. The summed E-state index contributed by atoms with van der Waals surface area (Å²) in [5.41, 5.74) is 5.38. The van der Waals surface area contributed by atoms with Crippen LogP contribution in [-0.4, -0.2) is 49.3 Å². The summed E-state index contributed by atoms with van der Waals surface area (Å²) in [6.45, 7) is 3.38. The smallest absolute Gasteiger partial charge is 0.462 e. The first kappa shape index (κ1) is 79.1. The van der Waals surface area contributed by atoms with Crippen LogP contribution in [0.25, 0.3) is 0 Å². The number of carbonyl (C=O) groups is 2. The van der Waals surface area contributed by atoms with Gasteiger partial charge in [-0.1, -0.05) is 251 Å². The van der Waals surface area contributed by atoms with Crippen molar-refractivity contribution in [1.29, 1.82) is 0 Å². The minimum Gasteiger partial charge on any atom is -0.462 e. The number of rotatable bonds is 56. The van der Waals surface area contributed by atoms with Gasteiger partial charge in [0.2, 0.25) is 0 Å². The molecule has 3 N–H and O–H groups in total. The van der Waals surface area contributed by atoms with Crippen LogP contribution in [0, 0.1) is 0 Å². The van der Waals surface area contributed by atoms with E-state index in [0.29, 0.717) is 12.8 Å². The van der Waals surface area contributed by atoms with E-state index in [1.807, 2.05) is 0 Å². The van der Waals surface area contributed by atoms with Gasteiger partial charge in [0.25, 0.3) is 0 Å². The lowest BCUT2D eigenvalue weighted by Crippen LogP contribution is -2.29. The number of nitrogens with two attached hydrogens (primary N) is 1. The highest BCUT2D eigenvalue weighted by Gasteiger charge is 2.26. The number of phosphoric ester groups is 1. The number of hydrogen-bond acceptors (Lipinski definition) is 8. The van der Waals surface area contributed by atoms with Crippen molar-refractivity contribution in [3.05, 3.63) is 231 Å². The average Bonchev–Trinajstić information content (AvgIpc) is 3.52. The second kappa shape index (κ2) is 67.2. The van der Waals surface area contributed by atoms with Gasteiger partial charge in [-0.05, 0) is 161 Å². The number of esters is 2. The number of phosphoric acid groups is 1. The molecule has 2 atom stereocenters. The minimum atomic E-state index is -4.43. The molecule has 0 aromatic rings.